The van der Waals surface area contributed by atoms with Crippen LogP contribution in [0, 0.1) is 17.0 Å². The van der Waals surface area contributed by atoms with Crippen molar-refractivity contribution in [3.63, 3.8) is 0 Å². The lowest BCUT2D eigenvalue weighted by Gasteiger charge is -2.03. The molecule has 2 amide bonds. The van der Waals surface area contributed by atoms with Crippen LogP contribution in [0.3, 0.4) is 0 Å². The molecular weight excluding hydrogens is 226 g/mol. The number of amides is 2. The van der Waals surface area contributed by atoms with Crippen LogP contribution in [-0.4, -0.2) is 23.3 Å². The maximum absolute atomic E-state index is 11.5. The van der Waals surface area contributed by atoms with Crippen LogP contribution in [0.15, 0.2) is 18.2 Å². The fourth-order valence-corrected chi connectivity index (χ4v) is 1.22. The predicted octanol–water partition coefficient (Wildman–Crippen LogP) is 0.118. The third-order valence-corrected chi connectivity index (χ3v) is 2.09. The number of nitrogens with two attached hydrogens (primary N) is 1. The Bertz CT molecular complexity index is 484. The molecule has 0 saturated heterocycles. The number of nitro benzene ring substituents is 1. The minimum atomic E-state index is -0.681. The number of hydrogen-bond donors (Lipinski definition) is 2. The van der Waals surface area contributed by atoms with Gasteiger partial charge in [-0.25, -0.2) is 0 Å². The van der Waals surface area contributed by atoms with Gasteiger partial charge in [-0.2, -0.15) is 0 Å². The zero-order valence-electron chi connectivity index (χ0n) is 9.10. The molecule has 0 aliphatic rings. The number of aryl methyl sites for hydroxylation is 1. The minimum Gasteiger partial charge on any atom is -0.368 e. The molecule has 0 aliphatic heterocycles. The molecule has 0 fully saturated rings. The third kappa shape index (κ3) is 3.26. The first-order chi connectivity index (χ1) is 7.91. The second-order valence-corrected chi connectivity index (χ2v) is 3.41. The second kappa shape index (κ2) is 5.06. The zero-order chi connectivity index (χ0) is 13.0. The van der Waals surface area contributed by atoms with E-state index in [4.69, 9.17) is 5.73 Å². The predicted molar refractivity (Wildman–Crippen MR) is 59.4 cm³/mol. The van der Waals surface area contributed by atoms with E-state index in [1.165, 1.54) is 12.1 Å². The van der Waals surface area contributed by atoms with Gasteiger partial charge in [-0.15, -0.1) is 0 Å². The van der Waals surface area contributed by atoms with Crippen LogP contribution in [0.4, 0.5) is 5.69 Å². The molecule has 90 valence electrons. The van der Waals surface area contributed by atoms with Crippen molar-refractivity contribution in [3.05, 3.63) is 39.4 Å². The van der Waals surface area contributed by atoms with Crippen LogP contribution >= 0.6 is 0 Å². The number of nitrogens with one attached hydrogen (secondary N) is 1. The van der Waals surface area contributed by atoms with Crippen LogP contribution in [0.25, 0.3) is 0 Å². The summed E-state index contributed by atoms with van der Waals surface area (Å²) in [6.07, 6.45) is 0. The molecule has 1 rings (SSSR count). The van der Waals surface area contributed by atoms with Gasteiger partial charge in [-0.1, -0.05) is 6.07 Å². The van der Waals surface area contributed by atoms with E-state index >= 15 is 0 Å². The first kappa shape index (κ1) is 12.6. The van der Waals surface area contributed by atoms with E-state index in [-0.39, 0.29) is 17.8 Å². The molecule has 17 heavy (non-hydrogen) atoms. The summed E-state index contributed by atoms with van der Waals surface area (Å²) in [6.45, 7) is 1.27. The largest absolute Gasteiger partial charge is 0.368 e. The number of nitro groups is 1. The third-order valence-electron chi connectivity index (χ3n) is 2.09. The Morgan fingerprint density at radius 2 is 2.12 bits per heavy atom. The molecule has 0 aliphatic carbocycles. The number of rotatable bonds is 4. The zero-order valence-corrected chi connectivity index (χ0v) is 9.10. The Hall–Kier alpha value is -2.44. The highest BCUT2D eigenvalue weighted by atomic mass is 16.6. The maximum atomic E-state index is 11.5. The van der Waals surface area contributed by atoms with Gasteiger partial charge in [-0.05, 0) is 13.0 Å². The van der Waals surface area contributed by atoms with Gasteiger partial charge in [0.2, 0.25) is 5.91 Å². The van der Waals surface area contributed by atoms with Crippen LogP contribution < -0.4 is 11.1 Å². The van der Waals surface area contributed by atoms with Crippen LogP contribution in [0.1, 0.15) is 15.9 Å². The smallest absolute Gasteiger partial charge is 0.273 e. The number of hydrogen-bond acceptors (Lipinski definition) is 4. The number of carbonyl (C=O) groups is 2. The fourth-order valence-electron chi connectivity index (χ4n) is 1.22. The van der Waals surface area contributed by atoms with Crippen molar-refractivity contribution in [2.24, 2.45) is 5.73 Å². The second-order valence-electron chi connectivity index (χ2n) is 3.41. The molecule has 7 nitrogen and oxygen atoms in total. The van der Waals surface area contributed by atoms with Crippen LogP contribution in [-0.2, 0) is 4.79 Å². The van der Waals surface area contributed by atoms with E-state index in [9.17, 15) is 19.7 Å². The summed E-state index contributed by atoms with van der Waals surface area (Å²) < 4.78 is 0. The van der Waals surface area contributed by atoms with Gasteiger partial charge in [0.15, 0.2) is 0 Å². The molecule has 0 atom stereocenters. The lowest BCUT2D eigenvalue weighted by atomic mass is 10.1. The Morgan fingerprint density at radius 1 is 1.47 bits per heavy atom. The summed E-state index contributed by atoms with van der Waals surface area (Å²) >= 11 is 0. The first-order valence-electron chi connectivity index (χ1n) is 4.73. The lowest BCUT2D eigenvalue weighted by molar-refractivity contribution is -0.385. The Morgan fingerprint density at radius 3 is 2.65 bits per heavy atom. The normalized spacial score (nSPS) is 9.71. The Labute approximate surface area is 96.8 Å². The van der Waals surface area contributed by atoms with E-state index in [0.29, 0.717) is 5.56 Å². The number of primary amides is 1. The number of nitrogens with zero attached hydrogens (tertiary/aromatic N) is 1. The molecule has 0 radical (unpaired) electrons. The van der Waals surface area contributed by atoms with Crippen LogP contribution in [0.5, 0.6) is 0 Å². The molecule has 7 heteroatoms. The van der Waals surface area contributed by atoms with Crippen molar-refractivity contribution >= 4 is 17.5 Å². The van der Waals surface area contributed by atoms with Gasteiger partial charge in [0.25, 0.3) is 11.6 Å². The molecule has 3 N–H and O–H groups in total. The molecule has 0 bridgehead atoms. The maximum Gasteiger partial charge on any atom is 0.273 e. The molecule has 0 heterocycles. The molecule has 1 aromatic rings. The number of benzene rings is 1. The van der Waals surface area contributed by atoms with Crippen molar-refractivity contribution < 1.29 is 14.5 Å². The summed E-state index contributed by atoms with van der Waals surface area (Å²) in [5.74, 6) is -1.26. The highest BCUT2D eigenvalue weighted by molar-refractivity contribution is 5.96. The van der Waals surface area contributed by atoms with E-state index in [1.54, 1.807) is 6.92 Å². The van der Waals surface area contributed by atoms with Gasteiger partial charge < -0.3 is 11.1 Å². The highest BCUT2D eigenvalue weighted by Gasteiger charge is 2.14. The molecule has 0 unspecified atom stereocenters. The van der Waals surface area contributed by atoms with Crippen molar-refractivity contribution in [2.75, 3.05) is 6.54 Å². The van der Waals surface area contributed by atoms with Crippen molar-refractivity contribution in [1.29, 1.82) is 0 Å². The summed E-state index contributed by atoms with van der Waals surface area (Å²) in [6, 6.07) is 4.07. The van der Waals surface area contributed by atoms with Crippen molar-refractivity contribution in [1.82, 2.24) is 5.32 Å². The van der Waals surface area contributed by atoms with Gasteiger partial charge in [0.1, 0.15) is 0 Å². The molecule has 0 aromatic heterocycles. The topological polar surface area (TPSA) is 115 Å². The van der Waals surface area contributed by atoms with E-state index < -0.39 is 16.7 Å². The van der Waals surface area contributed by atoms with Crippen molar-refractivity contribution in [2.45, 2.75) is 6.92 Å². The SMILES string of the molecule is Cc1ccc(C(=O)NCC(N)=O)cc1[N+](=O)[O-]. The summed E-state index contributed by atoms with van der Waals surface area (Å²) in [5, 5.41) is 12.9. The fraction of sp³-hybridized carbons (Fsp3) is 0.200. The summed E-state index contributed by atoms with van der Waals surface area (Å²) in [4.78, 5) is 32.1. The standard InChI is InChI=1S/C10H11N3O4/c1-6-2-3-7(4-8(6)13(16)17)10(15)12-5-9(11)14/h2-4H,5H2,1H3,(H2,11,14)(H,12,15). The van der Waals surface area contributed by atoms with E-state index in [0.717, 1.165) is 6.07 Å². The molecule has 0 spiro atoms. The van der Waals surface area contributed by atoms with E-state index in [1.807, 2.05) is 0 Å². The monoisotopic (exact) mass is 237 g/mol. The molecule has 1 aromatic carbocycles. The first-order valence-corrected chi connectivity index (χ1v) is 4.73. The number of carbonyl (C=O) groups excluding carboxylic acids is 2. The molecular formula is C10H11N3O4. The minimum absolute atomic E-state index is 0.114. The molecule has 0 saturated carbocycles. The van der Waals surface area contributed by atoms with Gasteiger partial charge in [0.05, 0.1) is 11.5 Å². The van der Waals surface area contributed by atoms with E-state index in [2.05, 4.69) is 5.32 Å². The average Bonchev–Trinajstić information content (AvgIpc) is 2.26. The summed E-state index contributed by atoms with van der Waals surface area (Å²) in [7, 11) is 0. The van der Waals surface area contributed by atoms with Crippen molar-refractivity contribution in [3.8, 4) is 0 Å². The summed E-state index contributed by atoms with van der Waals surface area (Å²) in [5.41, 5.74) is 5.29. The Kier molecular flexibility index (Phi) is 3.76. The van der Waals surface area contributed by atoms with Gasteiger partial charge in [0, 0.05) is 17.2 Å². The van der Waals surface area contributed by atoms with Gasteiger partial charge in [-0.3, -0.25) is 19.7 Å². The van der Waals surface area contributed by atoms with Gasteiger partial charge >= 0.3 is 0 Å². The quantitative estimate of drug-likeness (QED) is 0.571. The van der Waals surface area contributed by atoms with Crippen LogP contribution in [0.2, 0.25) is 0 Å². The Balaban J connectivity index is 2.92. The highest BCUT2D eigenvalue weighted by Crippen LogP contribution is 2.18. The lowest BCUT2D eigenvalue weighted by Crippen LogP contribution is -2.33. The average molecular weight is 237 g/mol.